The second kappa shape index (κ2) is 8.34. The average molecular weight is 463 g/mol. The van der Waals surface area contributed by atoms with Gasteiger partial charge in [-0.25, -0.2) is 9.78 Å². The molecule has 1 aliphatic rings. The summed E-state index contributed by atoms with van der Waals surface area (Å²) < 4.78 is 43.1. The lowest BCUT2D eigenvalue weighted by Crippen LogP contribution is -2.55. The molecule has 2 aromatic heterocycles. The van der Waals surface area contributed by atoms with E-state index < -0.39 is 6.36 Å². The zero-order valence-corrected chi connectivity index (χ0v) is 18.3. The van der Waals surface area contributed by atoms with Gasteiger partial charge in [-0.05, 0) is 43.7 Å². The quantitative estimate of drug-likeness (QED) is 0.617. The van der Waals surface area contributed by atoms with Crippen LogP contribution < -0.4 is 20.7 Å². The molecule has 3 aromatic rings. The van der Waals surface area contributed by atoms with Crippen molar-refractivity contribution in [3.8, 4) is 5.75 Å². The Labute approximate surface area is 187 Å². The summed E-state index contributed by atoms with van der Waals surface area (Å²) in [5.74, 6) is 0.564. The van der Waals surface area contributed by atoms with Crippen LogP contribution in [0.3, 0.4) is 0 Å². The Morgan fingerprint density at radius 2 is 2.00 bits per heavy atom. The van der Waals surface area contributed by atoms with Gasteiger partial charge in [0.1, 0.15) is 11.3 Å². The number of nitrogens with one attached hydrogen (secondary N) is 1. The Morgan fingerprint density at radius 1 is 1.24 bits per heavy atom. The zero-order chi connectivity index (χ0) is 23.9. The maximum Gasteiger partial charge on any atom is 0.573 e. The molecule has 2 amide bonds. The van der Waals surface area contributed by atoms with Crippen LogP contribution in [-0.2, 0) is 7.05 Å². The summed E-state index contributed by atoms with van der Waals surface area (Å²) in [7, 11) is 1.91. The molecule has 1 fully saturated rings. The molecule has 9 nitrogen and oxygen atoms in total. The van der Waals surface area contributed by atoms with Crippen LogP contribution in [0.2, 0.25) is 0 Å². The van der Waals surface area contributed by atoms with Gasteiger partial charge in [0.25, 0.3) is 0 Å². The number of fused-ring (bicyclic) bond motifs is 1. The van der Waals surface area contributed by atoms with E-state index in [0.29, 0.717) is 36.7 Å². The summed E-state index contributed by atoms with van der Waals surface area (Å²) in [6, 6.07) is 5.28. The molecular formula is C21H24F3N7O2. The van der Waals surface area contributed by atoms with Gasteiger partial charge in [-0.3, -0.25) is 0 Å². The van der Waals surface area contributed by atoms with E-state index in [4.69, 9.17) is 5.73 Å². The zero-order valence-electron chi connectivity index (χ0n) is 18.3. The minimum atomic E-state index is -4.77. The van der Waals surface area contributed by atoms with Gasteiger partial charge in [0.15, 0.2) is 5.82 Å². The van der Waals surface area contributed by atoms with Crippen LogP contribution in [0.5, 0.6) is 5.75 Å². The van der Waals surface area contributed by atoms with Gasteiger partial charge >= 0.3 is 12.4 Å². The number of alkyl halides is 3. The lowest BCUT2D eigenvalue weighted by molar-refractivity contribution is -0.274. The molecule has 1 atom stereocenters. The number of hydrogen-bond donors (Lipinski definition) is 2. The molecule has 1 aliphatic heterocycles. The number of piperazine rings is 1. The van der Waals surface area contributed by atoms with Crippen molar-refractivity contribution in [3.63, 3.8) is 0 Å². The highest BCUT2D eigenvalue weighted by Crippen LogP contribution is 2.29. The monoisotopic (exact) mass is 463 g/mol. The van der Waals surface area contributed by atoms with E-state index in [-0.39, 0.29) is 23.8 Å². The fourth-order valence-corrected chi connectivity index (χ4v) is 4.01. The van der Waals surface area contributed by atoms with E-state index in [1.807, 2.05) is 30.8 Å². The van der Waals surface area contributed by atoms with E-state index in [9.17, 15) is 18.0 Å². The van der Waals surface area contributed by atoms with Gasteiger partial charge in [-0.2, -0.15) is 4.98 Å². The van der Waals surface area contributed by atoms with Crippen molar-refractivity contribution in [2.45, 2.75) is 26.3 Å². The topological polar surface area (TPSA) is 102 Å². The average Bonchev–Trinajstić information content (AvgIpc) is 3.08. The SMILES string of the molecule is Cc1cc(OC(F)(F)F)ccc1NC(=O)N1CCN(c2nc(N)nc3ccn(C)c23)[C@@H](C)C1. The fraction of sp³-hybridized carbons (Fsp3) is 0.381. The molecule has 0 radical (unpaired) electrons. The molecule has 0 unspecified atom stereocenters. The molecule has 0 spiro atoms. The first-order valence-electron chi connectivity index (χ1n) is 10.3. The summed E-state index contributed by atoms with van der Waals surface area (Å²) in [5.41, 5.74) is 8.39. The Morgan fingerprint density at radius 3 is 2.67 bits per heavy atom. The molecule has 0 saturated carbocycles. The van der Waals surface area contributed by atoms with Crippen molar-refractivity contribution in [2.75, 3.05) is 35.6 Å². The van der Waals surface area contributed by atoms with Gasteiger partial charge in [0.2, 0.25) is 5.95 Å². The Balaban J connectivity index is 1.45. The molecule has 33 heavy (non-hydrogen) atoms. The molecule has 3 heterocycles. The van der Waals surface area contributed by atoms with Gasteiger partial charge < -0.3 is 30.2 Å². The molecular weight excluding hydrogens is 439 g/mol. The van der Waals surface area contributed by atoms with Gasteiger partial charge in [-0.1, -0.05) is 0 Å². The maximum atomic E-state index is 12.8. The number of aryl methyl sites for hydroxylation is 2. The Kier molecular flexibility index (Phi) is 5.68. The van der Waals surface area contributed by atoms with E-state index >= 15 is 0 Å². The number of rotatable bonds is 3. The van der Waals surface area contributed by atoms with Gasteiger partial charge in [0, 0.05) is 44.6 Å². The summed E-state index contributed by atoms with van der Waals surface area (Å²) in [6.45, 7) is 4.98. The van der Waals surface area contributed by atoms with Crippen LogP contribution in [0.15, 0.2) is 30.5 Å². The first-order valence-corrected chi connectivity index (χ1v) is 10.3. The number of hydrogen-bond acceptors (Lipinski definition) is 6. The number of halogens is 3. The minimum absolute atomic E-state index is 0.0550. The van der Waals surface area contributed by atoms with Crippen molar-refractivity contribution >= 4 is 34.5 Å². The predicted molar refractivity (Wildman–Crippen MR) is 118 cm³/mol. The molecule has 0 bridgehead atoms. The number of aromatic nitrogens is 3. The largest absolute Gasteiger partial charge is 0.573 e. The normalized spacial score (nSPS) is 16.8. The van der Waals surface area contributed by atoms with Crippen LogP contribution in [-0.4, -0.2) is 57.5 Å². The predicted octanol–water partition coefficient (Wildman–Crippen LogP) is 3.50. The fourth-order valence-electron chi connectivity index (χ4n) is 4.01. The number of benzene rings is 1. The third-order valence-electron chi connectivity index (χ3n) is 5.58. The highest BCUT2D eigenvalue weighted by molar-refractivity contribution is 5.91. The van der Waals surface area contributed by atoms with Crippen LogP contribution in [0.1, 0.15) is 12.5 Å². The van der Waals surface area contributed by atoms with Crippen LogP contribution in [0, 0.1) is 6.92 Å². The lowest BCUT2D eigenvalue weighted by Gasteiger charge is -2.40. The number of anilines is 3. The second-order valence-corrected chi connectivity index (χ2v) is 8.01. The van der Waals surface area contributed by atoms with Crippen molar-refractivity contribution in [1.82, 2.24) is 19.4 Å². The molecule has 1 aromatic carbocycles. The molecule has 176 valence electrons. The Hall–Kier alpha value is -3.70. The first-order chi connectivity index (χ1) is 15.5. The molecule has 1 saturated heterocycles. The molecule has 3 N–H and O–H groups in total. The Bertz CT molecular complexity index is 1190. The number of carbonyl (C=O) groups excluding carboxylic acids is 1. The highest BCUT2D eigenvalue weighted by atomic mass is 19.4. The molecule has 12 heteroatoms. The molecule has 0 aliphatic carbocycles. The minimum Gasteiger partial charge on any atom is -0.406 e. The number of nitrogen functional groups attached to an aromatic ring is 1. The van der Waals surface area contributed by atoms with E-state index in [0.717, 1.165) is 11.0 Å². The summed E-state index contributed by atoms with van der Waals surface area (Å²) in [4.78, 5) is 25.3. The number of amides is 2. The van der Waals surface area contributed by atoms with E-state index in [1.54, 1.807) is 11.8 Å². The van der Waals surface area contributed by atoms with Crippen molar-refractivity contribution in [3.05, 3.63) is 36.0 Å². The summed E-state index contributed by atoms with van der Waals surface area (Å²) >= 11 is 0. The highest BCUT2D eigenvalue weighted by Gasteiger charge is 2.32. The standard InChI is InChI=1S/C21H24F3N7O2/c1-12-10-14(33-21(22,23)24)4-5-15(12)27-20(32)30-8-9-31(13(2)11-30)18-17-16(6-7-29(17)3)26-19(25)28-18/h4-7,10,13H,8-9,11H2,1-3H3,(H,27,32)(H2,25,26,28)/t13-/m0/s1. The third kappa shape index (κ3) is 4.73. The summed E-state index contributed by atoms with van der Waals surface area (Å²) in [5, 5.41) is 2.77. The number of nitrogens with two attached hydrogens (primary N) is 1. The van der Waals surface area contributed by atoms with Crippen molar-refractivity contribution < 1.29 is 22.7 Å². The van der Waals surface area contributed by atoms with Crippen molar-refractivity contribution in [1.29, 1.82) is 0 Å². The van der Waals surface area contributed by atoms with Gasteiger partial charge in [-0.15, -0.1) is 13.2 Å². The third-order valence-corrected chi connectivity index (χ3v) is 5.58. The number of urea groups is 1. The second-order valence-electron chi connectivity index (χ2n) is 8.01. The number of nitrogens with zero attached hydrogens (tertiary/aromatic N) is 5. The van der Waals surface area contributed by atoms with Crippen molar-refractivity contribution in [2.24, 2.45) is 7.05 Å². The molecule has 4 rings (SSSR count). The lowest BCUT2D eigenvalue weighted by atomic mass is 10.1. The van der Waals surface area contributed by atoms with Crippen LogP contribution in [0.25, 0.3) is 11.0 Å². The number of ether oxygens (including phenoxy) is 1. The number of carbonyl (C=O) groups is 1. The van der Waals surface area contributed by atoms with Crippen LogP contribution >= 0.6 is 0 Å². The van der Waals surface area contributed by atoms with Crippen LogP contribution in [0.4, 0.5) is 35.4 Å². The summed E-state index contributed by atoms with van der Waals surface area (Å²) in [6.07, 6.45) is -2.88. The van der Waals surface area contributed by atoms with E-state index in [1.165, 1.54) is 18.2 Å². The van der Waals surface area contributed by atoms with Gasteiger partial charge in [0.05, 0.1) is 5.52 Å². The maximum absolute atomic E-state index is 12.8. The van der Waals surface area contributed by atoms with E-state index in [2.05, 4.69) is 24.9 Å². The first kappa shape index (κ1) is 22.5. The smallest absolute Gasteiger partial charge is 0.406 e.